The van der Waals surface area contributed by atoms with E-state index in [2.05, 4.69) is 10.3 Å². The second-order valence-electron chi connectivity index (χ2n) is 6.09. The second kappa shape index (κ2) is 6.07. The van der Waals surface area contributed by atoms with Gasteiger partial charge in [0.25, 0.3) is 5.91 Å². The molecular formula is C20H16N2O4. The number of nitrogens with one attached hydrogen (secondary N) is 1. The summed E-state index contributed by atoms with van der Waals surface area (Å²) in [4.78, 5) is 16.5. The average molecular weight is 348 g/mol. The molecule has 2 heterocycles. The second-order valence-corrected chi connectivity index (χ2v) is 6.09. The van der Waals surface area contributed by atoms with Crippen LogP contribution < -0.4 is 5.32 Å². The summed E-state index contributed by atoms with van der Waals surface area (Å²) < 4.78 is 10.8. The Labute approximate surface area is 149 Å². The molecule has 0 aliphatic carbocycles. The number of carbonyl (C=O) groups excluding carboxylic acids is 1. The number of phenols is 1. The highest BCUT2D eigenvalue weighted by Crippen LogP contribution is 2.33. The lowest BCUT2D eigenvalue weighted by Gasteiger charge is -2.06. The Morgan fingerprint density at radius 2 is 1.92 bits per heavy atom. The van der Waals surface area contributed by atoms with E-state index in [1.54, 1.807) is 24.3 Å². The molecule has 2 N–H and O–H groups in total. The molecule has 0 saturated heterocycles. The first-order valence-corrected chi connectivity index (χ1v) is 8.07. The summed E-state index contributed by atoms with van der Waals surface area (Å²) in [6.45, 7) is 4.02. The standard InChI is InChI=1S/C20H16N2O4/c1-11-8-15-18(9-12(11)2)26-20(22-15)14-6-5-13(10-16(14)23)21-19(24)17-4-3-7-25-17/h3-10,23H,1-2H3,(H,21,24). The zero-order chi connectivity index (χ0) is 18.3. The van der Waals surface area contributed by atoms with Crippen LogP contribution in [0.4, 0.5) is 5.69 Å². The molecule has 0 bridgehead atoms. The maximum atomic E-state index is 12.0. The van der Waals surface area contributed by atoms with Gasteiger partial charge in [-0.2, -0.15) is 0 Å². The topological polar surface area (TPSA) is 88.5 Å². The number of amides is 1. The molecule has 4 aromatic rings. The van der Waals surface area contributed by atoms with Crippen LogP contribution in [0.1, 0.15) is 21.7 Å². The van der Waals surface area contributed by atoms with Gasteiger partial charge in [-0.3, -0.25) is 4.79 Å². The van der Waals surface area contributed by atoms with Crippen LogP contribution >= 0.6 is 0 Å². The summed E-state index contributed by atoms with van der Waals surface area (Å²) in [7, 11) is 0. The molecule has 1 amide bonds. The molecule has 0 spiro atoms. The van der Waals surface area contributed by atoms with Crippen molar-refractivity contribution >= 4 is 22.7 Å². The van der Waals surface area contributed by atoms with E-state index in [0.717, 1.165) is 16.6 Å². The number of aryl methyl sites for hydroxylation is 2. The number of anilines is 1. The molecule has 130 valence electrons. The molecule has 0 radical (unpaired) electrons. The van der Waals surface area contributed by atoms with E-state index in [1.807, 2.05) is 26.0 Å². The minimum absolute atomic E-state index is 0.0396. The Kier molecular flexibility index (Phi) is 3.73. The molecule has 4 rings (SSSR count). The van der Waals surface area contributed by atoms with Crippen LogP contribution in [-0.4, -0.2) is 16.0 Å². The maximum absolute atomic E-state index is 12.0. The van der Waals surface area contributed by atoms with Gasteiger partial charge in [0.05, 0.1) is 11.8 Å². The van der Waals surface area contributed by atoms with E-state index in [1.165, 1.54) is 12.3 Å². The van der Waals surface area contributed by atoms with Gasteiger partial charge in [0.2, 0.25) is 5.89 Å². The third kappa shape index (κ3) is 2.82. The predicted octanol–water partition coefficient (Wildman–Crippen LogP) is 4.66. The summed E-state index contributed by atoms with van der Waals surface area (Å²) in [5.41, 5.74) is 4.52. The SMILES string of the molecule is Cc1cc2nc(-c3ccc(NC(=O)c4ccco4)cc3O)oc2cc1C. The number of fused-ring (bicyclic) bond motifs is 1. The zero-order valence-corrected chi connectivity index (χ0v) is 14.2. The first-order valence-electron chi connectivity index (χ1n) is 8.07. The Morgan fingerprint density at radius 1 is 1.12 bits per heavy atom. The number of phenolic OH excluding ortho intramolecular Hbond substituents is 1. The van der Waals surface area contributed by atoms with Crippen LogP contribution in [0.5, 0.6) is 5.75 Å². The molecule has 26 heavy (non-hydrogen) atoms. The van der Waals surface area contributed by atoms with Crippen molar-refractivity contribution in [2.45, 2.75) is 13.8 Å². The van der Waals surface area contributed by atoms with Crippen LogP contribution in [0.15, 0.2) is 57.6 Å². The Balaban J connectivity index is 1.65. The summed E-state index contributed by atoms with van der Waals surface area (Å²) in [6.07, 6.45) is 1.42. The lowest BCUT2D eigenvalue weighted by Crippen LogP contribution is -2.10. The molecule has 0 atom stereocenters. The number of nitrogens with zero attached hydrogens (tertiary/aromatic N) is 1. The van der Waals surface area contributed by atoms with Gasteiger partial charge in [0, 0.05) is 11.8 Å². The van der Waals surface area contributed by atoms with Crippen molar-refractivity contribution in [3.8, 4) is 17.2 Å². The molecular weight excluding hydrogens is 332 g/mol. The molecule has 6 heteroatoms. The monoisotopic (exact) mass is 348 g/mol. The van der Waals surface area contributed by atoms with Crippen LogP contribution in [0, 0.1) is 13.8 Å². The molecule has 2 aromatic carbocycles. The first-order chi connectivity index (χ1) is 12.5. The fraction of sp³-hybridized carbons (Fsp3) is 0.100. The average Bonchev–Trinajstić information content (AvgIpc) is 3.25. The maximum Gasteiger partial charge on any atom is 0.291 e. The van der Waals surface area contributed by atoms with Crippen molar-refractivity contribution in [3.05, 3.63) is 65.6 Å². The van der Waals surface area contributed by atoms with E-state index in [-0.39, 0.29) is 11.5 Å². The van der Waals surface area contributed by atoms with Crippen molar-refractivity contribution in [1.82, 2.24) is 4.98 Å². The minimum atomic E-state index is -0.394. The van der Waals surface area contributed by atoms with Gasteiger partial charge >= 0.3 is 0 Å². The van der Waals surface area contributed by atoms with Crippen molar-refractivity contribution in [2.24, 2.45) is 0 Å². The fourth-order valence-corrected chi connectivity index (χ4v) is 2.69. The van der Waals surface area contributed by atoms with Crippen molar-refractivity contribution in [2.75, 3.05) is 5.32 Å². The molecule has 0 fully saturated rings. The molecule has 2 aromatic heterocycles. The van der Waals surface area contributed by atoms with Crippen LogP contribution in [0.3, 0.4) is 0 Å². The number of aromatic hydroxyl groups is 1. The van der Waals surface area contributed by atoms with Gasteiger partial charge in [-0.05, 0) is 61.4 Å². The molecule has 6 nitrogen and oxygen atoms in total. The van der Waals surface area contributed by atoms with Gasteiger partial charge < -0.3 is 19.3 Å². The van der Waals surface area contributed by atoms with Crippen LogP contribution in [0.2, 0.25) is 0 Å². The fourth-order valence-electron chi connectivity index (χ4n) is 2.69. The number of carbonyl (C=O) groups is 1. The lowest BCUT2D eigenvalue weighted by molar-refractivity contribution is 0.0996. The highest BCUT2D eigenvalue weighted by Gasteiger charge is 2.15. The largest absolute Gasteiger partial charge is 0.507 e. The smallest absolute Gasteiger partial charge is 0.291 e. The zero-order valence-electron chi connectivity index (χ0n) is 14.2. The summed E-state index contributed by atoms with van der Waals surface area (Å²) in [6, 6.07) is 11.8. The Bertz CT molecular complexity index is 1070. The van der Waals surface area contributed by atoms with Gasteiger partial charge in [-0.15, -0.1) is 0 Å². The van der Waals surface area contributed by atoms with Gasteiger partial charge in [0.15, 0.2) is 11.3 Å². The third-order valence-electron chi connectivity index (χ3n) is 4.23. The molecule has 0 saturated carbocycles. The van der Waals surface area contributed by atoms with Crippen LogP contribution in [0.25, 0.3) is 22.6 Å². The van der Waals surface area contributed by atoms with E-state index in [4.69, 9.17) is 8.83 Å². The molecule has 0 unspecified atom stereocenters. The highest BCUT2D eigenvalue weighted by atomic mass is 16.4. The number of aromatic nitrogens is 1. The minimum Gasteiger partial charge on any atom is -0.507 e. The van der Waals surface area contributed by atoms with E-state index < -0.39 is 5.91 Å². The summed E-state index contributed by atoms with van der Waals surface area (Å²) in [5.74, 6) is 0.0851. The number of benzene rings is 2. The quantitative estimate of drug-likeness (QED) is 0.562. The van der Waals surface area contributed by atoms with Crippen molar-refractivity contribution < 1.29 is 18.7 Å². The van der Waals surface area contributed by atoms with E-state index in [9.17, 15) is 9.90 Å². The number of hydrogen-bond acceptors (Lipinski definition) is 5. The van der Waals surface area contributed by atoms with E-state index in [0.29, 0.717) is 22.7 Å². The van der Waals surface area contributed by atoms with Crippen LogP contribution in [-0.2, 0) is 0 Å². The molecule has 0 aliphatic heterocycles. The Hall–Kier alpha value is -3.54. The number of rotatable bonds is 3. The Morgan fingerprint density at radius 3 is 2.65 bits per heavy atom. The van der Waals surface area contributed by atoms with Gasteiger partial charge in [-0.1, -0.05) is 0 Å². The number of hydrogen-bond donors (Lipinski definition) is 2. The van der Waals surface area contributed by atoms with Gasteiger partial charge in [0.1, 0.15) is 11.3 Å². The van der Waals surface area contributed by atoms with Crippen molar-refractivity contribution in [3.63, 3.8) is 0 Å². The van der Waals surface area contributed by atoms with E-state index >= 15 is 0 Å². The van der Waals surface area contributed by atoms with Crippen molar-refractivity contribution in [1.29, 1.82) is 0 Å². The lowest BCUT2D eigenvalue weighted by atomic mass is 10.1. The number of oxazole rings is 1. The van der Waals surface area contributed by atoms with Gasteiger partial charge in [-0.25, -0.2) is 4.98 Å². The summed E-state index contributed by atoms with van der Waals surface area (Å²) >= 11 is 0. The summed E-state index contributed by atoms with van der Waals surface area (Å²) in [5, 5.41) is 13.0. The molecule has 0 aliphatic rings. The normalized spacial score (nSPS) is 11.0. The highest BCUT2D eigenvalue weighted by molar-refractivity contribution is 6.02. The first kappa shape index (κ1) is 16.0. The number of furan rings is 1. The predicted molar refractivity (Wildman–Crippen MR) is 97.2 cm³/mol. The third-order valence-corrected chi connectivity index (χ3v) is 4.23.